The predicted octanol–water partition coefficient (Wildman–Crippen LogP) is 2.42. The van der Waals surface area contributed by atoms with Gasteiger partial charge in [-0.2, -0.15) is 0 Å². The van der Waals surface area contributed by atoms with Crippen LogP contribution in [0.25, 0.3) is 0 Å². The Bertz CT molecular complexity index is 419. The van der Waals surface area contributed by atoms with Crippen molar-refractivity contribution in [3.63, 3.8) is 0 Å². The Morgan fingerprint density at radius 3 is 3.06 bits per heavy atom. The van der Waals surface area contributed by atoms with E-state index in [0.29, 0.717) is 15.9 Å². The van der Waals surface area contributed by atoms with E-state index in [1.54, 1.807) is 6.07 Å². The molecule has 0 bridgehead atoms. The fourth-order valence-electron chi connectivity index (χ4n) is 1.92. The van der Waals surface area contributed by atoms with Crippen molar-refractivity contribution in [1.29, 1.82) is 0 Å². The van der Waals surface area contributed by atoms with Gasteiger partial charge < -0.3 is 15.8 Å². The molecule has 17 heavy (non-hydrogen) atoms. The van der Waals surface area contributed by atoms with E-state index in [0.717, 1.165) is 37.4 Å². The normalized spacial score (nSPS) is 19.2. The Balaban J connectivity index is 2.09. The fraction of sp³-hybridized carbons (Fsp3) is 0.417. The van der Waals surface area contributed by atoms with Gasteiger partial charge in [0.2, 0.25) is 0 Å². The first-order valence-electron chi connectivity index (χ1n) is 5.58. The van der Waals surface area contributed by atoms with Gasteiger partial charge in [-0.25, -0.2) is 0 Å². The molecule has 1 aliphatic heterocycles. The average molecular weight is 271 g/mol. The molecule has 1 heterocycles. The van der Waals surface area contributed by atoms with Crippen LogP contribution in [-0.4, -0.2) is 24.7 Å². The van der Waals surface area contributed by atoms with E-state index in [2.05, 4.69) is 5.32 Å². The lowest BCUT2D eigenvalue weighted by atomic mass is 10.1. The molecule has 3 N–H and O–H groups in total. The van der Waals surface area contributed by atoms with E-state index in [1.165, 1.54) is 0 Å². The number of ether oxygens (including phenoxy) is 1. The molecule has 1 aromatic carbocycles. The number of rotatable bonds is 4. The third kappa shape index (κ3) is 3.09. The van der Waals surface area contributed by atoms with Gasteiger partial charge in [0, 0.05) is 24.8 Å². The molecule has 1 atom stereocenters. The highest BCUT2D eigenvalue weighted by molar-refractivity contribution is 7.80. The topological polar surface area (TPSA) is 47.3 Å². The first-order valence-corrected chi connectivity index (χ1v) is 6.37. The maximum atomic E-state index is 6.09. The Kier molecular flexibility index (Phi) is 4.20. The minimum absolute atomic E-state index is 0.320. The molecule has 1 aliphatic rings. The zero-order valence-corrected chi connectivity index (χ0v) is 11.0. The number of nitrogens with one attached hydrogen (secondary N) is 1. The van der Waals surface area contributed by atoms with Gasteiger partial charge in [0.05, 0.1) is 17.2 Å². The van der Waals surface area contributed by atoms with Crippen molar-refractivity contribution in [2.24, 2.45) is 11.7 Å². The van der Waals surface area contributed by atoms with Gasteiger partial charge in [0.25, 0.3) is 0 Å². The highest BCUT2D eigenvalue weighted by Gasteiger charge is 2.16. The molecule has 1 fully saturated rings. The van der Waals surface area contributed by atoms with Crippen molar-refractivity contribution in [1.82, 2.24) is 0 Å². The lowest BCUT2D eigenvalue weighted by Gasteiger charge is -2.14. The Hall–Kier alpha value is -0.840. The molecular formula is C12H15ClN2OS. The van der Waals surface area contributed by atoms with Gasteiger partial charge in [-0.1, -0.05) is 29.9 Å². The molecule has 1 aromatic rings. The van der Waals surface area contributed by atoms with Crippen molar-refractivity contribution in [3.8, 4) is 0 Å². The molecule has 5 heteroatoms. The standard InChI is InChI=1S/C12H15ClN2OS/c13-9-2-1-3-10(11(9)12(14)17)15-6-8-4-5-16-7-8/h1-3,8,15H,4-7H2,(H2,14,17). The summed E-state index contributed by atoms with van der Waals surface area (Å²) in [6, 6.07) is 5.62. The lowest BCUT2D eigenvalue weighted by Crippen LogP contribution is -2.18. The molecule has 0 saturated carbocycles. The summed E-state index contributed by atoms with van der Waals surface area (Å²) in [6.45, 7) is 2.52. The van der Waals surface area contributed by atoms with Crippen LogP contribution in [0.4, 0.5) is 5.69 Å². The average Bonchev–Trinajstić information content (AvgIpc) is 2.78. The first-order chi connectivity index (χ1) is 8.18. The number of anilines is 1. The van der Waals surface area contributed by atoms with Crippen LogP contribution in [0.3, 0.4) is 0 Å². The summed E-state index contributed by atoms with van der Waals surface area (Å²) in [5.41, 5.74) is 7.31. The first kappa shape index (κ1) is 12.6. The highest BCUT2D eigenvalue weighted by Crippen LogP contribution is 2.25. The summed E-state index contributed by atoms with van der Waals surface area (Å²) < 4.78 is 5.33. The summed E-state index contributed by atoms with van der Waals surface area (Å²) in [6.07, 6.45) is 1.09. The maximum Gasteiger partial charge on any atom is 0.107 e. The molecular weight excluding hydrogens is 256 g/mol. The summed E-state index contributed by atoms with van der Waals surface area (Å²) >= 11 is 11.1. The van der Waals surface area contributed by atoms with E-state index < -0.39 is 0 Å². The summed E-state index contributed by atoms with van der Waals surface area (Å²) in [7, 11) is 0. The minimum atomic E-state index is 0.320. The van der Waals surface area contributed by atoms with Crippen LogP contribution < -0.4 is 11.1 Å². The maximum absolute atomic E-state index is 6.09. The molecule has 0 aromatic heterocycles. The number of halogens is 1. The SMILES string of the molecule is NC(=S)c1c(Cl)cccc1NCC1CCOC1. The summed E-state index contributed by atoms with van der Waals surface area (Å²) in [5, 5.41) is 3.93. The minimum Gasteiger partial charge on any atom is -0.389 e. The molecule has 92 valence electrons. The number of hydrogen-bond donors (Lipinski definition) is 2. The molecule has 1 saturated heterocycles. The van der Waals surface area contributed by atoms with Crippen molar-refractivity contribution in [3.05, 3.63) is 28.8 Å². The van der Waals surface area contributed by atoms with Gasteiger partial charge in [-0.3, -0.25) is 0 Å². The molecule has 0 amide bonds. The smallest absolute Gasteiger partial charge is 0.107 e. The summed E-state index contributed by atoms with van der Waals surface area (Å²) in [4.78, 5) is 0.320. The van der Waals surface area contributed by atoms with Crippen LogP contribution in [0.2, 0.25) is 5.02 Å². The second-order valence-corrected chi connectivity index (χ2v) is 4.98. The van der Waals surface area contributed by atoms with Gasteiger partial charge in [-0.05, 0) is 18.6 Å². The van der Waals surface area contributed by atoms with Crippen LogP contribution in [0, 0.1) is 5.92 Å². The number of benzene rings is 1. The van der Waals surface area contributed by atoms with Crippen LogP contribution >= 0.6 is 23.8 Å². The van der Waals surface area contributed by atoms with Gasteiger partial charge in [0.1, 0.15) is 4.99 Å². The molecule has 0 spiro atoms. The van der Waals surface area contributed by atoms with Crippen LogP contribution in [0.15, 0.2) is 18.2 Å². The van der Waals surface area contributed by atoms with Crippen LogP contribution in [0.1, 0.15) is 12.0 Å². The van der Waals surface area contributed by atoms with Crippen LogP contribution in [0.5, 0.6) is 0 Å². The number of nitrogens with two attached hydrogens (primary N) is 1. The zero-order chi connectivity index (χ0) is 12.3. The fourth-order valence-corrected chi connectivity index (χ4v) is 2.47. The quantitative estimate of drug-likeness (QED) is 0.825. The van der Waals surface area contributed by atoms with Crippen molar-refractivity contribution in [2.75, 3.05) is 25.1 Å². The van der Waals surface area contributed by atoms with Crippen LogP contribution in [-0.2, 0) is 4.74 Å². The van der Waals surface area contributed by atoms with E-state index in [1.807, 2.05) is 12.1 Å². The highest BCUT2D eigenvalue weighted by atomic mass is 35.5. The predicted molar refractivity (Wildman–Crippen MR) is 74.8 cm³/mol. The second kappa shape index (κ2) is 5.67. The van der Waals surface area contributed by atoms with E-state index in [4.69, 9.17) is 34.3 Å². The van der Waals surface area contributed by atoms with Gasteiger partial charge in [-0.15, -0.1) is 0 Å². The van der Waals surface area contributed by atoms with Crippen molar-refractivity contribution < 1.29 is 4.74 Å². The van der Waals surface area contributed by atoms with Crippen molar-refractivity contribution in [2.45, 2.75) is 6.42 Å². The molecule has 1 unspecified atom stereocenters. The number of hydrogen-bond acceptors (Lipinski definition) is 3. The zero-order valence-electron chi connectivity index (χ0n) is 9.41. The molecule has 0 radical (unpaired) electrons. The summed E-state index contributed by atoms with van der Waals surface area (Å²) in [5.74, 6) is 0.549. The monoisotopic (exact) mass is 270 g/mol. The van der Waals surface area contributed by atoms with E-state index in [9.17, 15) is 0 Å². The third-order valence-corrected chi connectivity index (χ3v) is 3.38. The third-order valence-electron chi connectivity index (χ3n) is 2.87. The van der Waals surface area contributed by atoms with E-state index >= 15 is 0 Å². The lowest BCUT2D eigenvalue weighted by molar-refractivity contribution is 0.187. The van der Waals surface area contributed by atoms with Gasteiger partial charge >= 0.3 is 0 Å². The van der Waals surface area contributed by atoms with Crippen molar-refractivity contribution >= 4 is 34.5 Å². The Morgan fingerprint density at radius 1 is 1.59 bits per heavy atom. The Morgan fingerprint density at radius 2 is 2.41 bits per heavy atom. The van der Waals surface area contributed by atoms with E-state index in [-0.39, 0.29) is 0 Å². The largest absolute Gasteiger partial charge is 0.389 e. The second-order valence-electron chi connectivity index (χ2n) is 4.14. The molecule has 0 aliphatic carbocycles. The Labute approximate surface area is 111 Å². The molecule has 3 nitrogen and oxygen atoms in total. The van der Waals surface area contributed by atoms with Gasteiger partial charge in [0.15, 0.2) is 0 Å². The number of thiocarbonyl (C=S) groups is 1. The molecule has 2 rings (SSSR count).